The molecule has 0 amide bonds. The van der Waals surface area contributed by atoms with Crippen LogP contribution in [0.4, 0.5) is 0 Å². The van der Waals surface area contributed by atoms with Crippen molar-refractivity contribution in [2.75, 3.05) is 6.61 Å². The van der Waals surface area contributed by atoms with E-state index in [4.69, 9.17) is 42.6 Å². The summed E-state index contributed by atoms with van der Waals surface area (Å²) in [6, 6.07) is 0. The van der Waals surface area contributed by atoms with Crippen LogP contribution in [0.1, 0.15) is 131 Å². The lowest BCUT2D eigenvalue weighted by Gasteiger charge is -2.46. The second-order valence-electron chi connectivity index (χ2n) is 21.0. The topological polar surface area (TPSA) is 195 Å². The Bertz CT molecular complexity index is 1800. The fraction of sp³-hybridized carbons (Fsp3) is 0.851. The van der Waals surface area contributed by atoms with E-state index in [-0.39, 0.29) is 43.5 Å². The number of Topliss-reactive ketones (excluding diaryl/α,β-unsaturated/α-hetero) is 1. The average molecular weight is 873 g/mol. The monoisotopic (exact) mass is 872 g/mol. The van der Waals surface area contributed by atoms with Gasteiger partial charge in [-0.25, -0.2) is 0 Å². The molecule has 9 aliphatic heterocycles. The van der Waals surface area contributed by atoms with E-state index >= 15 is 0 Å². The normalized spacial score (nSPS) is 54.9. The average Bonchev–Trinajstić information content (AvgIpc) is 4.06. The van der Waals surface area contributed by atoms with Gasteiger partial charge in [0.15, 0.2) is 23.6 Å². The van der Waals surface area contributed by atoms with Crippen molar-refractivity contribution in [3.63, 3.8) is 0 Å². The number of allylic oxidation sites excluding steroid dienone is 3. The molecule has 346 valence electrons. The Balaban J connectivity index is 1.01. The molecule has 15 heteroatoms. The highest BCUT2D eigenvalue weighted by Crippen LogP contribution is 2.55. The summed E-state index contributed by atoms with van der Waals surface area (Å²) in [5.74, 6) is -5.79. The number of esters is 1. The Labute approximate surface area is 364 Å². The quantitative estimate of drug-likeness (QED) is 0.260. The van der Waals surface area contributed by atoms with Gasteiger partial charge in [0.05, 0.1) is 36.4 Å². The van der Waals surface area contributed by atoms with E-state index < -0.39 is 107 Å². The van der Waals surface area contributed by atoms with Crippen LogP contribution in [-0.2, 0) is 57.0 Å². The minimum absolute atomic E-state index is 0.0637. The molecule has 0 aromatic heterocycles. The van der Waals surface area contributed by atoms with E-state index in [0.717, 1.165) is 24.7 Å². The van der Waals surface area contributed by atoms with E-state index in [1.807, 2.05) is 26.0 Å². The fourth-order valence-corrected chi connectivity index (χ4v) is 12.4. The van der Waals surface area contributed by atoms with Crippen LogP contribution in [0.15, 0.2) is 23.8 Å². The van der Waals surface area contributed by atoms with E-state index in [1.165, 1.54) is 0 Å². The smallest absolute Gasteiger partial charge is 0.311 e. The summed E-state index contributed by atoms with van der Waals surface area (Å²) in [5.41, 5.74) is -2.03. The summed E-state index contributed by atoms with van der Waals surface area (Å²) < 4.78 is 58.5. The molecule has 8 fully saturated rings. The SMILES string of the molecule is CC1=C\[C@@H](C)C[C@]2(C)CC[C@H](O2)[C@]23CC[C@](C=O)(C[C@H](O2)[C@@H]2O[C@@](C)(CC2=O)[C@H](O)[C@H]2CC[C@]4(CCC[C@@H](O4)[C@H](C)C(=O)O[C@H]4C[C@H]([C@]5(O)OCC[C@H](C)[C@@H]5O)O[C@H]4\C=C\1)O2)O3. The first kappa shape index (κ1) is 45.0. The number of aldehydes is 1. The number of carbonyl (C=O) groups excluding carboxylic acids is 3. The van der Waals surface area contributed by atoms with E-state index in [9.17, 15) is 29.7 Å². The zero-order valence-corrected chi connectivity index (χ0v) is 37.2. The second kappa shape index (κ2) is 16.3. The maximum atomic E-state index is 14.1. The zero-order valence-electron chi connectivity index (χ0n) is 37.2. The summed E-state index contributed by atoms with van der Waals surface area (Å²) in [6.07, 6.45) is 4.86. The lowest BCUT2D eigenvalue weighted by atomic mass is 9.87. The van der Waals surface area contributed by atoms with Gasteiger partial charge < -0.3 is 62.7 Å². The number of hydrogen-bond acceptors (Lipinski definition) is 15. The van der Waals surface area contributed by atoms with Gasteiger partial charge >= 0.3 is 5.97 Å². The summed E-state index contributed by atoms with van der Waals surface area (Å²) >= 11 is 0. The summed E-state index contributed by atoms with van der Waals surface area (Å²) in [7, 11) is 0. The molecule has 62 heavy (non-hydrogen) atoms. The molecule has 9 aliphatic rings. The Morgan fingerprint density at radius 3 is 2.39 bits per heavy atom. The molecule has 19 atom stereocenters. The maximum Gasteiger partial charge on any atom is 0.311 e. The van der Waals surface area contributed by atoms with Crippen molar-refractivity contribution in [3.8, 4) is 0 Å². The van der Waals surface area contributed by atoms with Crippen molar-refractivity contribution in [2.24, 2.45) is 17.8 Å². The van der Waals surface area contributed by atoms with Crippen molar-refractivity contribution in [3.05, 3.63) is 23.8 Å². The highest BCUT2D eigenvalue weighted by atomic mass is 16.8. The van der Waals surface area contributed by atoms with Crippen LogP contribution < -0.4 is 0 Å². The third-order valence-electron chi connectivity index (χ3n) is 15.9. The Morgan fingerprint density at radius 2 is 1.60 bits per heavy atom. The molecular formula is C47H68O15. The number of hydrogen-bond donors (Lipinski definition) is 3. The highest BCUT2D eigenvalue weighted by molar-refractivity contribution is 5.87. The molecule has 8 saturated heterocycles. The van der Waals surface area contributed by atoms with Gasteiger partial charge in [-0.3, -0.25) is 9.59 Å². The molecule has 2 spiro atoms. The third-order valence-corrected chi connectivity index (χ3v) is 15.9. The number of aliphatic hydroxyl groups excluding tert-OH is 2. The molecule has 9 heterocycles. The molecule has 0 unspecified atom stereocenters. The van der Waals surface area contributed by atoms with E-state index in [1.54, 1.807) is 13.8 Å². The minimum Gasteiger partial charge on any atom is -0.459 e. The van der Waals surface area contributed by atoms with Crippen LogP contribution in [0, 0.1) is 17.8 Å². The molecule has 0 saturated carbocycles. The first-order valence-electron chi connectivity index (χ1n) is 23.3. The number of ketones is 1. The zero-order chi connectivity index (χ0) is 44.0. The number of aliphatic hydroxyl groups is 3. The minimum atomic E-state index is -1.97. The number of ether oxygens (including phenoxy) is 9. The highest BCUT2D eigenvalue weighted by Gasteiger charge is 2.66. The summed E-state index contributed by atoms with van der Waals surface area (Å²) in [4.78, 5) is 40.7. The first-order valence-corrected chi connectivity index (χ1v) is 23.3. The van der Waals surface area contributed by atoms with Crippen molar-refractivity contribution in [1.82, 2.24) is 0 Å². The molecule has 15 nitrogen and oxygen atoms in total. The summed E-state index contributed by atoms with van der Waals surface area (Å²) in [6.45, 7) is 11.8. The predicted molar refractivity (Wildman–Crippen MR) is 218 cm³/mol. The van der Waals surface area contributed by atoms with Crippen LogP contribution >= 0.6 is 0 Å². The van der Waals surface area contributed by atoms with Gasteiger partial charge in [0.25, 0.3) is 0 Å². The second-order valence-corrected chi connectivity index (χ2v) is 21.0. The van der Waals surface area contributed by atoms with Crippen LogP contribution in [0.5, 0.6) is 0 Å². The molecule has 10 bridgehead atoms. The van der Waals surface area contributed by atoms with Gasteiger partial charge in [0.2, 0.25) is 5.79 Å². The number of fused-ring (bicyclic) bond motifs is 10. The largest absolute Gasteiger partial charge is 0.459 e. The molecule has 0 radical (unpaired) electrons. The molecule has 0 aliphatic carbocycles. The molecule has 9 rings (SSSR count). The van der Waals surface area contributed by atoms with Gasteiger partial charge in [-0.1, -0.05) is 37.6 Å². The van der Waals surface area contributed by atoms with Crippen molar-refractivity contribution >= 4 is 18.0 Å². The van der Waals surface area contributed by atoms with Crippen molar-refractivity contribution in [2.45, 2.75) is 227 Å². The van der Waals surface area contributed by atoms with Gasteiger partial charge in [-0.15, -0.1) is 0 Å². The molecular weight excluding hydrogens is 805 g/mol. The molecule has 3 N–H and O–H groups in total. The Hall–Kier alpha value is -2.15. The number of carbonyl (C=O) groups is 3. The van der Waals surface area contributed by atoms with E-state index in [0.29, 0.717) is 57.8 Å². The third kappa shape index (κ3) is 8.00. The standard InChI is InChI=1S/C47H68O15/c1-26-9-10-32-34(21-37(55-32)47(53)39(50)28(3)13-19-54-47)56-41(52)29(4)31-8-7-14-45(57-31)16-11-33(58-45)40(51)43(6)23-30(49)38(61-43)35-24-44(25-48)17-18-46(59-35,62-44)36-12-15-42(5,60-36)22-27(2)20-26/h9-10,20,25,27-29,31-40,50-51,53H,7-8,11-19,21-24H2,1-6H3/b10-9+,26-20+/t27-,28+,29+,31-,32+,33-,34+,35+,36+,37-,38-,39+,40-,42+,43+,44-,45+,46-,47+/m1/s1. The van der Waals surface area contributed by atoms with Gasteiger partial charge in [-0.2, -0.15) is 0 Å². The molecule has 0 aromatic rings. The molecule has 0 aromatic carbocycles. The fourth-order valence-electron chi connectivity index (χ4n) is 12.4. The van der Waals surface area contributed by atoms with Gasteiger partial charge in [0.1, 0.15) is 53.9 Å². The lowest BCUT2D eigenvalue weighted by Crippen LogP contribution is -2.59. The van der Waals surface area contributed by atoms with Crippen molar-refractivity contribution < 1.29 is 72.3 Å². The Kier molecular flexibility index (Phi) is 11.9. The van der Waals surface area contributed by atoms with E-state index in [2.05, 4.69) is 19.9 Å². The number of rotatable bonds is 2. The first-order chi connectivity index (χ1) is 29.3. The Morgan fingerprint density at radius 1 is 0.806 bits per heavy atom. The van der Waals surface area contributed by atoms with Crippen LogP contribution in [0.3, 0.4) is 0 Å². The van der Waals surface area contributed by atoms with Gasteiger partial charge in [0, 0.05) is 38.5 Å². The predicted octanol–water partition coefficient (Wildman–Crippen LogP) is 4.43. The van der Waals surface area contributed by atoms with Gasteiger partial charge in [-0.05, 0) is 90.9 Å². The van der Waals surface area contributed by atoms with Crippen molar-refractivity contribution in [1.29, 1.82) is 0 Å². The lowest BCUT2D eigenvalue weighted by molar-refractivity contribution is -0.354. The van der Waals surface area contributed by atoms with Crippen LogP contribution in [0.25, 0.3) is 0 Å². The maximum absolute atomic E-state index is 14.1. The van der Waals surface area contributed by atoms with Crippen LogP contribution in [0.2, 0.25) is 0 Å². The summed E-state index contributed by atoms with van der Waals surface area (Å²) in [5, 5.41) is 34.8. The van der Waals surface area contributed by atoms with Crippen LogP contribution in [-0.4, -0.2) is 135 Å².